The smallest absolute Gasteiger partial charge is 0.274 e. The lowest BCUT2D eigenvalue weighted by molar-refractivity contribution is 0.0655. The maximum absolute atomic E-state index is 13.7. The lowest BCUT2D eigenvalue weighted by Gasteiger charge is -2.32. The van der Waals surface area contributed by atoms with Gasteiger partial charge in [0.2, 0.25) is 0 Å². The lowest BCUT2D eigenvalue weighted by atomic mass is 10.2. The molecule has 1 aliphatic heterocycles. The number of hydrogen-bond acceptors (Lipinski definition) is 5. The molecule has 35 heavy (non-hydrogen) atoms. The Morgan fingerprint density at radius 2 is 1.60 bits per heavy atom. The standard InChI is InChI=1S/C27H32N4O4/c1-28(2)27(33)25-24(35-19-20-8-6-5-7-9-20)18-23(26(32)30-16-14-29(3)15-17-30)31(25)21-10-12-22(34-4)13-11-21/h5-13,18H,14-17,19H2,1-4H3. The van der Waals surface area contributed by atoms with Crippen LogP contribution in [0.25, 0.3) is 5.69 Å². The van der Waals surface area contributed by atoms with Crippen molar-refractivity contribution in [3.05, 3.63) is 77.6 Å². The van der Waals surface area contributed by atoms with Crippen molar-refractivity contribution < 1.29 is 19.1 Å². The molecule has 8 nitrogen and oxygen atoms in total. The van der Waals surface area contributed by atoms with Crippen LogP contribution in [0.5, 0.6) is 11.5 Å². The van der Waals surface area contributed by atoms with E-state index in [-0.39, 0.29) is 18.4 Å². The van der Waals surface area contributed by atoms with Crippen molar-refractivity contribution >= 4 is 11.8 Å². The summed E-state index contributed by atoms with van der Waals surface area (Å²) in [5.74, 6) is 0.687. The fourth-order valence-electron chi connectivity index (χ4n) is 4.07. The van der Waals surface area contributed by atoms with Crippen LogP contribution < -0.4 is 9.47 Å². The van der Waals surface area contributed by atoms with Gasteiger partial charge in [0.25, 0.3) is 11.8 Å². The van der Waals surface area contributed by atoms with Gasteiger partial charge in [-0.3, -0.25) is 14.2 Å². The van der Waals surface area contributed by atoms with Crippen molar-refractivity contribution in [3.8, 4) is 17.2 Å². The number of aromatic nitrogens is 1. The average Bonchev–Trinajstić information content (AvgIpc) is 3.27. The van der Waals surface area contributed by atoms with E-state index in [4.69, 9.17) is 9.47 Å². The van der Waals surface area contributed by atoms with Crippen LogP contribution in [-0.2, 0) is 6.61 Å². The molecule has 1 aliphatic rings. The third kappa shape index (κ3) is 5.33. The fourth-order valence-corrected chi connectivity index (χ4v) is 4.07. The zero-order valence-electron chi connectivity index (χ0n) is 20.7. The summed E-state index contributed by atoms with van der Waals surface area (Å²) >= 11 is 0. The predicted molar refractivity (Wildman–Crippen MR) is 135 cm³/mol. The maximum Gasteiger partial charge on any atom is 0.274 e. The molecule has 184 valence electrons. The molecule has 0 radical (unpaired) electrons. The number of benzene rings is 2. The Balaban J connectivity index is 1.82. The molecule has 2 amide bonds. The minimum atomic E-state index is -0.249. The first kappa shape index (κ1) is 24.3. The highest BCUT2D eigenvalue weighted by molar-refractivity contribution is 6.01. The molecule has 0 spiro atoms. The second-order valence-corrected chi connectivity index (χ2v) is 8.85. The number of carbonyl (C=O) groups excluding carboxylic acids is 2. The van der Waals surface area contributed by atoms with Gasteiger partial charge in [0.05, 0.1) is 7.11 Å². The van der Waals surface area contributed by atoms with Gasteiger partial charge in [-0.15, -0.1) is 0 Å². The summed E-state index contributed by atoms with van der Waals surface area (Å²) in [6, 6.07) is 18.8. The van der Waals surface area contributed by atoms with Gasteiger partial charge in [0, 0.05) is 52.0 Å². The van der Waals surface area contributed by atoms with Gasteiger partial charge in [0.15, 0.2) is 11.4 Å². The first-order chi connectivity index (χ1) is 16.9. The Morgan fingerprint density at radius 1 is 0.943 bits per heavy atom. The summed E-state index contributed by atoms with van der Waals surface area (Å²) in [6.45, 7) is 3.13. The number of amides is 2. The number of likely N-dealkylation sites (N-methyl/N-ethyl adjacent to an activating group) is 1. The highest BCUT2D eigenvalue weighted by atomic mass is 16.5. The van der Waals surface area contributed by atoms with Gasteiger partial charge < -0.3 is 24.2 Å². The largest absolute Gasteiger partial charge is 0.497 e. The zero-order chi connectivity index (χ0) is 24.9. The number of piperazine rings is 1. The van der Waals surface area contributed by atoms with Crippen LogP contribution in [0.4, 0.5) is 0 Å². The second-order valence-electron chi connectivity index (χ2n) is 8.85. The van der Waals surface area contributed by atoms with Crippen molar-refractivity contribution in [1.29, 1.82) is 0 Å². The van der Waals surface area contributed by atoms with Crippen LogP contribution in [-0.4, -0.2) is 85.5 Å². The van der Waals surface area contributed by atoms with Crippen LogP contribution in [0.1, 0.15) is 26.5 Å². The number of methoxy groups -OCH3 is 1. The highest BCUT2D eigenvalue weighted by Crippen LogP contribution is 2.31. The number of nitrogens with zero attached hydrogens (tertiary/aromatic N) is 4. The van der Waals surface area contributed by atoms with Crippen molar-refractivity contribution in [2.24, 2.45) is 0 Å². The van der Waals surface area contributed by atoms with Crippen molar-refractivity contribution in [2.75, 3.05) is 54.4 Å². The molecule has 0 aliphatic carbocycles. The summed E-state index contributed by atoms with van der Waals surface area (Å²) in [7, 11) is 7.03. The number of rotatable bonds is 7. The Labute approximate surface area is 206 Å². The van der Waals surface area contributed by atoms with Crippen molar-refractivity contribution in [3.63, 3.8) is 0 Å². The van der Waals surface area contributed by atoms with Crippen molar-refractivity contribution in [2.45, 2.75) is 6.61 Å². The Bertz CT molecular complexity index is 1160. The molecule has 8 heteroatoms. The molecule has 3 aromatic rings. The summed E-state index contributed by atoms with van der Waals surface area (Å²) in [5.41, 5.74) is 2.37. The average molecular weight is 477 g/mol. The van der Waals surface area contributed by atoms with Crippen LogP contribution >= 0.6 is 0 Å². The van der Waals surface area contributed by atoms with Gasteiger partial charge in [-0.05, 0) is 36.9 Å². The van der Waals surface area contributed by atoms with E-state index in [9.17, 15) is 9.59 Å². The normalized spacial score (nSPS) is 14.0. The Morgan fingerprint density at radius 3 is 2.20 bits per heavy atom. The molecule has 4 rings (SSSR count). The monoisotopic (exact) mass is 476 g/mol. The predicted octanol–water partition coefficient (Wildman–Crippen LogP) is 3.15. The minimum absolute atomic E-state index is 0.128. The van der Waals surface area contributed by atoms with Gasteiger partial charge in [0.1, 0.15) is 18.1 Å². The van der Waals surface area contributed by atoms with E-state index in [0.29, 0.717) is 41.7 Å². The number of hydrogen-bond donors (Lipinski definition) is 0. The summed E-state index contributed by atoms with van der Waals surface area (Å²) in [6.07, 6.45) is 0. The molecule has 1 fully saturated rings. The third-order valence-electron chi connectivity index (χ3n) is 6.15. The Kier molecular flexibility index (Phi) is 7.41. The van der Waals surface area contributed by atoms with E-state index in [1.54, 1.807) is 31.8 Å². The molecule has 0 unspecified atom stereocenters. The van der Waals surface area contributed by atoms with E-state index < -0.39 is 0 Å². The number of ether oxygens (including phenoxy) is 2. The number of carbonyl (C=O) groups is 2. The Hall–Kier alpha value is -3.78. The fraction of sp³-hybridized carbons (Fsp3) is 0.333. The first-order valence-electron chi connectivity index (χ1n) is 11.7. The molecular weight excluding hydrogens is 444 g/mol. The second kappa shape index (κ2) is 10.7. The van der Waals surface area contributed by atoms with Gasteiger partial charge in [-0.2, -0.15) is 0 Å². The SMILES string of the molecule is COc1ccc(-n2c(C(=O)N3CCN(C)CC3)cc(OCc3ccccc3)c2C(=O)N(C)C)cc1. The molecule has 2 aromatic carbocycles. The van der Waals surface area contributed by atoms with E-state index in [1.165, 1.54) is 4.90 Å². The van der Waals surface area contributed by atoms with Gasteiger partial charge in [-0.1, -0.05) is 30.3 Å². The van der Waals surface area contributed by atoms with Gasteiger partial charge >= 0.3 is 0 Å². The van der Waals surface area contributed by atoms with Crippen LogP contribution in [0, 0.1) is 0 Å². The first-order valence-corrected chi connectivity index (χ1v) is 11.7. The molecular formula is C27H32N4O4. The molecule has 0 N–H and O–H groups in total. The minimum Gasteiger partial charge on any atom is -0.497 e. The van der Waals surface area contributed by atoms with E-state index >= 15 is 0 Å². The van der Waals surface area contributed by atoms with Crippen molar-refractivity contribution in [1.82, 2.24) is 19.3 Å². The zero-order valence-corrected chi connectivity index (χ0v) is 20.7. The lowest BCUT2D eigenvalue weighted by Crippen LogP contribution is -2.47. The maximum atomic E-state index is 13.7. The molecule has 0 bridgehead atoms. The topological polar surface area (TPSA) is 67.2 Å². The quantitative estimate of drug-likeness (QED) is 0.524. The third-order valence-corrected chi connectivity index (χ3v) is 6.15. The van der Waals surface area contributed by atoms with E-state index in [2.05, 4.69) is 4.90 Å². The van der Waals surface area contributed by atoms with E-state index in [0.717, 1.165) is 18.7 Å². The van der Waals surface area contributed by atoms with Crippen LogP contribution in [0.15, 0.2) is 60.7 Å². The van der Waals surface area contributed by atoms with Gasteiger partial charge in [-0.25, -0.2) is 0 Å². The summed E-state index contributed by atoms with van der Waals surface area (Å²) in [5, 5.41) is 0. The molecule has 0 saturated carbocycles. The van der Waals surface area contributed by atoms with Crippen LogP contribution in [0.2, 0.25) is 0 Å². The molecule has 1 aromatic heterocycles. The van der Waals surface area contributed by atoms with Crippen LogP contribution in [0.3, 0.4) is 0 Å². The van der Waals surface area contributed by atoms with E-state index in [1.807, 2.05) is 66.5 Å². The molecule has 1 saturated heterocycles. The molecule has 2 heterocycles. The molecule has 0 atom stereocenters. The highest BCUT2D eigenvalue weighted by Gasteiger charge is 2.31. The summed E-state index contributed by atoms with van der Waals surface area (Å²) in [4.78, 5) is 32.7. The summed E-state index contributed by atoms with van der Waals surface area (Å²) < 4.78 is 13.2.